The van der Waals surface area contributed by atoms with Crippen molar-refractivity contribution in [3.8, 4) is 0 Å². The van der Waals surface area contributed by atoms with Crippen molar-refractivity contribution >= 4 is 45.3 Å². The molecule has 0 radical (unpaired) electrons. The summed E-state index contributed by atoms with van der Waals surface area (Å²) in [4.78, 5) is 11.9. The zero-order chi connectivity index (χ0) is 13.4. The number of aromatic nitrogens is 1. The minimum absolute atomic E-state index is 0.341. The fourth-order valence-electron chi connectivity index (χ4n) is 1.96. The number of benzene rings is 2. The van der Waals surface area contributed by atoms with Crippen LogP contribution < -0.4 is 5.76 Å². The first-order valence-corrected chi connectivity index (χ1v) is 7.12. The smallest absolute Gasteiger partial charge is 0.408 e. The molecule has 0 saturated carbocycles. The van der Waals surface area contributed by atoms with Gasteiger partial charge in [0.1, 0.15) is 0 Å². The van der Waals surface area contributed by atoms with E-state index < -0.39 is 0 Å². The Morgan fingerprint density at radius 1 is 1.16 bits per heavy atom. The van der Waals surface area contributed by atoms with Gasteiger partial charge >= 0.3 is 5.76 Å². The molecule has 0 spiro atoms. The van der Waals surface area contributed by atoms with Gasteiger partial charge in [-0.3, -0.25) is 4.57 Å². The molecule has 1 heterocycles. The number of hydrogen-bond donors (Lipinski definition) is 0. The summed E-state index contributed by atoms with van der Waals surface area (Å²) in [6, 6.07) is 13.1. The molecule has 0 saturated heterocycles. The van der Waals surface area contributed by atoms with E-state index in [9.17, 15) is 4.79 Å². The number of hydrogen-bond acceptors (Lipinski definition) is 2. The summed E-state index contributed by atoms with van der Waals surface area (Å²) in [6.07, 6.45) is 0. The molecule has 0 N–H and O–H groups in total. The van der Waals surface area contributed by atoms with Crippen LogP contribution in [0.2, 0.25) is 5.02 Å². The molecule has 3 nitrogen and oxygen atoms in total. The zero-order valence-corrected chi connectivity index (χ0v) is 12.7. The number of halogens is 2. The lowest BCUT2D eigenvalue weighted by atomic mass is 10.2. The van der Waals surface area contributed by atoms with Crippen molar-refractivity contribution in [2.75, 3.05) is 0 Å². The van der Waals surface area contributed by atoms with Crippen molar-refractivity contribution < 1.29 is 4.42 Å². The number of oxazole rings is 1. The van der Waals surface area contributed by atoms with Crippen molar-refractivity contribution in [2.24, 2.45) is 0 Å². The first-order chi connectivity index (χ1) is 9.13. The average molecular weight is 386 g/mol. The normalized spacial score (nSPS) is 11.1. The monoisotopic (exact) mass is 385 g/mol. The summed E-state index contributed by atoms with van der Waals surface area (Å²) < 4.78 is 7.91. The maximum Gasteiger partial charge on any atom is 0.420 e. The topological polar surface area (TPSA) is 35.1 Å². The van der Waals surface area contributed by atoms with Crippen LogP contribution in [-0.4, -0.2) is 4.57 Å². The molecule has 0 aliphatic heterocycles. The lowest BCUT2D eigenvalue weighted by molar-refractivity contribution is 0.517. The van der Waals surface area contributed by atoms with E-state index in [2.05, 4.69) is 22.6 Å². The highest BCUT2D eigenvalue weighted by Crippen LogP contribution is 2.18. The number of fused-ring (bicyclic) bond motifs is 1. The molecule has 5 heteroatoms. The Bertz CT molecular complexity index is 789. The standard InChI is InChI=1S/C14H9ClINO2/c15-10-3-1-9(2-4-10)8-17-12-6-5-11(16)7-13(12)19-14(17)18/h1-7H,8H2. The highest BCUT2D eigenvalue weighted by molar-refractivity contribution is 14.1. The second-order valence-electron chi connectivity index (χ2n) is 4.19. The highest BCUT2D eigenvalue weighted by atomic mass is 127. The molecule has 0 amide bonds. The van der Waals surface area contributed by atoms with Crippen LogP contribution in [0.1, 0.15) is 5.56 Å². The largest absolute Gasteiger partial charge is 0.420 e. The Morgan fingerprint density at radius 3 is 2.63 bits per heavy atom. The average Bonchev–Trinajstić information content (AvgIpc) is 2.68. The van der Waals surface area contributed by atoms with Gasteiger partial charge in [0.05, 0.1) is 12.1 Å². The van der Waals surface area contributed by atoms with Crippen LogP contribution in [0, 0.1) is 3.57 Å². The Morgan fingerprint density at radius 2 is 1.89 bits per heavy atom. The van der Waals surface area contributed by atoms with E-state index in [0.29, 0.717) is 17.2 Å². The molecule has 96 valence electrons. The van der Waals surface area contributed by atoms with E-state index in [1.807, 2.05) is 42.5 Å². The van der Waals surface area contributed by atoms with Crippen LogP contribution in [0.15, 0.2) is 51.7 Å². The van der Waals surface area contributed by atoms with E-state index >= 15 is 0 Å². The molecular formula is C14H9ClINO2. The van der Waals surface area contributed by atoms with Crippen LogP contribution in [0.25, 0.3) is 11.1 Å². The van der Waals surface area contributed by atoms with Gasteiger partial charge in [0, 0.05) is 8.59 Å². The minimum atomic E-state index is -0.341. The SMILES string of the molecule is O=c1oc2cc(I)ccc2n1Cc1ccc(Cl)cc1. The molecule has 0 aliphatic rings. The van der Waals surface area contributed by atoms with Gasteiger partial charge in [0.15, 0.2) is 5.58 Å². The molecule has 0 fully saturated rings. The van der Waals surface area contributed by atoms with E-state index in [4.69, 9.17) is 16.0 Å². The maximum absolute atomic E-state index is 11.9. The minimum Gasteiger partial charge on any atom is -0.408 e. The van der Waals surface area contributed by atoms with Gasteiger partial charge in [-0.15, -0.1) is 0 Å². The molecule has 1 aromatic heterocycles. The zero-order valence-electron chi connectivity index (χ0n) is 9.77. The first-order valence-electron chi connectivity index (χ1n) is 5.67. The number of nitrogens with zero attached hydrogens (tertiary/aromatic N) is 1. The van der Waals surface area contributed by atoms with Gasteiger partial charge in [-0.25, -0.2) is 4.79 Å². The van der Waals surface area contributed by atoms with Crippen LogP contribution in [0.5, 0.6) is 0 Å². The Balaban J connectivity index is 2.07. The number of rotatable bonds is 2. The van der Waals surface area contributed by atoms with Gasteiger partial charge in [-0.1, -0.05) is 23.7 Å². The Hall–Kier alpha value is -1.27. The molecule has 2 aromatic carbocycles. The summed E-state index contributed by atoms with van der Waals surface area (Å²) in [5, 5.41) is 0.683. The van der Waals surface area contributed by atoms with Gasteiger partial charge < -0.3 is 4.42 Å². The van der Waals surface area contributed by atoms with E-state index in [1.165, 1.54) is 0 Å². The molecule has 0 unspecified atom stereocenters. The summed E-state index contributed by atoms with van der Waals surface area (Å²) in [6.45, 7) is 0.476. The molecule has 0 aliphatic carbocycles. The first kappa shape index (κ1) is 12.7. The molecule has 3 rings (SSSR count). The van der Waals surface area contributed by atoms with E-state index in [1.54, 1.807) is 4.57 Å². The Labute approximate surface area is 127 Å². The predicted octanol–water partition coefficient (Wildman–Crippen LogP) is 3.90. The fourth-order valence-corrected chi connectivity index (χ4v) is 2.55. The highest BCUT2D eigenvalue weighted by Gasteiger charge is 2.09. The summed E-state index contributed by atoms with van der Waals surface area (Å²) in [5.74, 6) is -0.341. The van der Waals surface area contributed by atoms with Gasteiger partial charge in [0.25, 0.3) is 0 Å². The maximum atomic E-state index is 11.9. The van der Waals surface area contributed by atoms with Gasteiger partial charge in [-0.05, 0) is 58.5 Å². The van der Waals surface area contributed by atoms with Crippen molar-refractivity contribution in [3.05, 3.63) is 67.2 Å². The molecule has 0 bridgehead atoms. The lowest BCUT2D eigenvalue weighted by Gasteiger charge is -2.02. The third-order valence-electron chi connectivity index (χ3n) is 2.88. The second kappa shape index (κ2) is 5.02. The summed E-state index contributed by atoms with van der Waals surface area (Å²) in [7, 11) is 0. The fraction of sp³-hybridized carbons (Fsp3) is 0.0714. The van der Waals surface area contributed by atoms with Crippen molar-refractivity contribution in [1.82, 2.24) is 4.57 Å². The van der Waals surface area contributed by atoms with E-state index in [0.717, 1.165) is 14.7 Å². The van der Waals surface area contributed by atoms with E-state index in [-0.39, 0.29) is 5.76 Å². The van der Waals surface area contributed by atoms with Crippen LogP contribution >= 0.6 is 34.2 Å². The van der Waals surface area contributed by atoms with Crippen LogP contribution in [0.4, 0.5) is 0 Å². The third kappa shape index (κ3) is 2.55. The lowest BCUT2D eigenvalue weighted by Crippen LogP contribution is -2.14. The quantitative estimate of drug-likeness (QED) is 0.627. The summed E-state index contributed by atoms with van der Waals surface area (Å²) >= 11 is 8.04. The molecule has 19 heavy (non-hydrogen) atoms. The molecule has 3 aromatic rings. The second-order valence-corrected chi connectivity index (χ2v) is 5.87. The van der Waals surface area contributed by atoms with Crippen LogP contribution in [0.3, 0.4) is 0 Å². The van der Waals surface area contributed by atoms with Crippen molar-refractivity contribution in [3.63, 3.8) is 0 Å². The van der Waals surface area contributed by atoms with Gasteiger partial charge in [0.2, 0.25) is 0 Å². The molecule has 0 atom stereocenters. The molecular weight excluding hydrogens is 377 g/mol. The predicted molar refractivity (Wildman–Crippen MR) is 83.7 cm³/mol. The third-order valence-corrected chi connectivity index (χ3v) is 3.81. The summed E-state index contributed by atoms with van der Waals surface area (Å²) in [5.41, 5.74) is 2.43. The Kier molecular flexibility index (Phi) is 3.36. The van der Waals surface area contributed by atoms with Gasteiger partial charge in [-0.2, -0.15) is 0 Å². The van der Waals surface area contributed by atoms with Crippen molar-refractivity contribution in [2.45, 2.75) is 6.54 Å². The van der Waals surface area contributed by atoms with Crippen LogP contribution in [-0.2, 0) is 6.54 Å². The van der Waals surface area contributed by atoms with Crippen molar-refractivity contribution in [1.29, 1.82) is 0 Å².